The van der Waals surface area contributed by atoms with Crippen molar-refractivity contribution >= 4 is 34.6 Å². The van der Waals surface area contributed by atoms with Crippen molar-refractivity contribution in [3.05, 3.63) is 121 Å². The van der Waals surface area contributed by atoms with Crippen molar-refractivity contribution in [2.24, 2.45) is 5.41 Å². The van der Waals surface area contributed by atoms with Gasteiger partial charge in [0.2, 0.25) is 5.82 Å². The molecule has 3 aromatic heterocycles. The van der Waals surface area contributed by atoms with Crippen LogP contribution in [-0.2, 0) is 13.0 Å². The third-order valence-corrected chi connectivity index (χ3v) is 9.39. The van der Waals surface area contributed by atoms with Crippen LogP contribution in [0, 0.1) is 5.41 Å². The summed E-state index contributed by atoms with van der Waals surface area (Å²) in [6.45, 7) is 7.35. The lowest BCUT2D eigenvalue weighted by Gasteiger charge is -2.20. The first kappa shape index (κ1) is 29.9. The highest BCUT2D eigenvalue weighted by molar-refractivity contribution is 8.00. The molecule has 0 bridgehead atoms. The van der Waals surface area contributed by atoms with Gasteiger partial charge >= 0.3 is 0 Å². The molecule has 46 heavy (non-hydrogen) atoms. The number of hydrogen-bond acceptors (Lipinski definition) is 8. The van der Waals surface area contributed by atoms with Gasteiger partial charge in [0.25, 0.3) is 0 Å². The summed E-state index contributed by atoms with van der Waals surface area (Å²) in [7, 11) is 0. The Hall–Kier alpha value is -4.80. The summed E-state index contributed by atoms with van der Waals surface area (Å²) in [5.74, 6) is 1.56. The maximum Gasteiger partial charge on any atom is 0.205 e. The zero-order valence-corrected chi connectivity index (χ0v) is 27.4. The molecule has 10 heteroatoms. The molecule has 0 saturated carbocycles. The lowest BCUT2D eigenvalue weighted by molar-refractivity contribution is 0.394. The molecule has 8 nitrogen and oxygen atoms in total. The van der Waals surface area contributed by atoms with E-state index in [-0.39, 0.29) is 5.41 Å². The van der Waals surface area contributed by atoms with Gasteiger partial charge in [0.15, 0.2) is 5.03 Å². The van der Waals surface area contributed by atoms with Crippen LogP contribution in [-0.4, -0.2) is 40.4 Å². The van der Waals surface area contributed by atoms with Crippen molar-refractivity contribution in [2.75, 3.05) is 0 Å². The average Bonchev–Trinajstić information content (AvgIpc) is 3.72. The zero-order valence-electron chi connectivity index (χ0n) is 25.8. The number of benzene rings is 4. The minimum Gasteiger partial charge on any atom is -0.321 e. The Morgan fingerprint density at radius 1 is 0.652 bits per heavy atom. The van der Waals surface area contributed by atoms with Gasteiger partial charge in [-0.05, 0) is 51.6 Å². The smallest absolute Gasteiger partial charge is 0.205 e. The van der Waals surface area contributed by atoms with Crippen LogP contribution in [0.2, 0.25) is 0 Å². The van der Waals surface area contributed by atoms with E-state index in [4.69, 9.17) is 15.2 Å². The molecule has 0 aliphatic rings. The van der Waals surface area contributed by atoms with Gasteiger partial charge in [-0.3, -0.25) is 0 Å². The van der Waals surface area contributed by atoms with Crippen molar-refractivity contribution in [2.45, 2.75) is 53.6 Å². The number of nitrogens with zero attached hydrogens (tertiary/aromatic N) is 7. The molecule has 0 saturated heterocycles. The standard InChI is InChI=1S/C36H32N8S2/c1-36(2,3)22-30-37-31-32(35(46-26-17-8-5-9-18-26)41-40-34(31)45-25-15-6-4-7-16-25)44(30)23-24-14-10-11-19-27(24)28-20-12-13-21-29(28)33-38-42-43-39-33/h4-21H,22-23H2,1-3H3,(H,38,39,42,43). The Morgan fingerprint density at radius 2 is 1.24 bits per heavy atom. The second-order valence-electron chi connectivity index (χ2n) is 12.1. The molecule has 1 N–H and O–H groups in total. The van der Waals surface area contributed by atoms with Gasteiger partial charge < -0.3 is 4.57 Å². The molecule has 0 radical (unpaired) electrons. The van der Waals surface area contributed by atoms with E-state index in [9.17, 15) is 0 Å². The van der Waals surface area contributed by atoms with Gasteiger partial charge in [-0.25, -0.2) is 4.98 Å². The number of imidazole rings is 1. The van der Waals surface area contributed by atoms with E-state index in [0.29, 0.717) is 12.4 Å². The Balaban J connectivity index is 1.42. The average molecular weight is 641 g/mol. The zero-order chi connectivity index (χ0) is 31.5. The summed E-state index contributed by atoms with van der Waals surface area (Å²) >= 11 is 3.22. The van der Waals surface area contributed by atoms with Crippen molar-refractivity contribution < 1.29 is 0 Å². The van der Waals surface area contributed by atoms with E-state index in [1.807, 2.05) is 54.6 Å². The topological polar surface area (TPSA) is 98.1 Å². The molecule has 7 rings (SSSR count). The molecule has 0 unspecified atom stereocenters. The molecule has 7 aromatic rings. The molecule has 0 spiro atoms. The van der Waals surface area contributed by atoms with Gasteiger partial charge in [0, 0.05) is 21.8 Å². The quantitative estimate of drug-likeness (QED) is 0.168. The van der Waals surface area contributed by atoms with Crippen LogP contribution >= 0.6 is 23.5 Å². The van der Waals surface area contributed by atoms with Crippen LogP contribution in [0.3, 0.4) is 0 Å². The number of hydrogen-bond donors (Lipinski definition) is 1. The third kappa shape index (κ3) is 6.45. The summed E-state index contributed by atoms with van der Waals surface area (Å²) in [5, 5.41) is 26.2. The molecule has 0 amide bonds. The Bertz CT molecular complexity index is 2090. The number of nitrogens with one attached hydrogen (secondary N) is 1. The number of aromatic nitrogens is 8. The highest BCUT2D eigenvalue weighted by Crippen LogP contribution is 2.40. The molecule has 4 aromatic carbocycles. The van der Waals surface area contributed by atoms with E-state index in [2.05, 4.69) is 101 Å². The van der Waals surface area contributed by atoms with E-state index in [0.717, 1.165) is 65.4 Å². The van der Waals surface area contributed by atoms with Gasteiger partial charge in [0.1, 0.15) is 21.9 Å². The maximum atomic E-state index is 5.35. The summed E-state index contributed by atoms with van der Waals surface area (Å²) in [5.41, 5.74) is 6.07. The molecular formula is C36H32N8S2. The first-order valence-corrected chi connectivity index (χ1v) is 16.7. The largest absolute Gasteiger partial charge is 0.321 e. The Kier molecular flexibility index (Phi) is 8.38. The second-order valence-corrected chi connectivity index (χ2v) is 14.3. The van der Waals surface area contributed by atoms with E-state index >= 15 is 0 Å². The summed E-state index contributed by atoms with van der Waals surface area (Å²) in [6, 6.07) is 37.3. The predicted octanol–water partition coefficient (Wildman–Crippen LogP) is 8.61. The predicted molar refractivity (Wildman–Crippen MR) is 184 cm³/mol. The monoisotopic (exact) mass is 640 g/mol. The van der Waals surface area contributed by atoms with Crippen molar-refractivity contribution in [3.63, 3.8) is 0 Å². The third-order valence-electron chi connectivity index (χ3n) is 7.44. The fourth-order valence-electron chi connectivity index (χ4n) is 5.45. The molecule has 0 atom stereocenters. The maximum absolute atomic E-state index is 5.35. The molecule has 228 valence electrons. The SMILES string of the molecule is CC(C)(C)Cc1nc2c(Sc3ccccc3)nnc(Sc3ccccc3)c2n1Cc1ccccc1-c1ccccc1-c1nn[nH]n1. The van der Waals surface area contributed by atoms with Crippen LogP contribution < -0.4 is 0 Å². The number of aromatic amines is 1. The van der Waals surface area contributed by atoms with Crippen LogP contribution in [0.25, 0.3) is 33.5 Å². The molecular weight excluding hydrogens is 609 g/mol. The van der Waals surface area contributed by atoms with Crippen LogP contribution in [0.4, 0.5) is 0 Å². The minimum absolute atomic E-state index is 0.00416. The number of rotatable bonds is 9. The van der Waals surface area contributed by atoms with Crippen molar-refractivity contribution in [1.82, 2.24) is 40.4 Å². The molecule has 0 aliphatic carbocycles. The summed E-state index contributed by atoms with van der Waals surface area (Å²) in [6.07, 6.45) is 0.786. The fraction of sp³-hybridized carbons (Fsp3) is 0.167. The first-order chi connectivity index (χ1) is 22.4. The van der Waals surface area contributed by atoms with E-state index in [1.54, 1.807) is 23.5 Å². The minimum atomic E-state index is 0.00416. The Morgan fingerprint density at radius 3 is 1.89 bits per heavy atom. The van der Waals surface area contributed by atoms with Crippen molar-refractivity contribution in [3.8, 4) is 22.5 Å². The summed E-state index contributed by atoms with van der Waals surface area (Å²) < 4.78 is 2.35. The first-order valence-electron chi connectivity index (χ1n) is 15.1. The molecule has 3 heterocycles. The number of fused-ring (bicyclic) bond motifs is 1. The van der Waals surface area contributed by atoms with Gasteiger partial charge in [-0.1, -0.05) is 129 Å². The highest BCUT2D eigenvalue weighted by Gasteiger charge is 2.25. The van der Waals surface area contributed by atoms with Gasteiger partial charge in [0.05, 0.1) is 6.54 Å². The number of H-pyrrole nitrogens is 1. The molecule has 0 fully saturated rings. The van der Waals surface area contributed by atoms with Gasteiger partial charge in [-0.15, -0.1) is 20.4 Å². The fourth-order valence-corrected chi connectivity index (χ4v) is 7.19. The number of tetrazole rings is 1. The van der Waals surface area contributed by atoms with Crippen molar-refractivity contribution in [1.29, 1.82) is 0 Å². The normalized spacial score (nSPS) is 11.7. The van der Waals surface area contributed by atoms with Gasteiger partial charge in [-0.2, -0.15) is 5.21 Å². The highest BCUT2D eigenvalue weighted by atomic mass is 32.2. The summed E-state index contributed by atoms with van der Waals surface area (Å²) in [4.78, 5) is 7.54. The second kappa shape index (κ2) is 12.9. The lowest BCUT2D eigenvalue weighted by Crippen LogP contribution is -2.15. The van der Waals surface area contributed by atoms with E-state index < -0.39 is 0 Å². The van der Waals surface area contributed by atoms with Crippen LogP contribution in [0.5, 0.6) is 0 Å². The molecule has 0 aliphatic heterocycles. The van der Waals surface area contributed by atoms with Crippen LogP contribution in [0.15, 0.2) is 129 Å². The Labute approximate surface area is 276 Å². The van der Waals surface area contributed by atoms with Crippen LogP contribution in [0.1, 0.15) is 32.2 Å². The lowest BCUT2D eigenvalue weighted by atomic mass is 9.91. The van der Waals surface area contributed by atoms with E-state index in [1.165, 1.54) is 0 Å².